The van der Waals surface area contributed by atoms with Gasteiger partial charge >= 0.3 is 5.97 Å². The van der Waals surface area contributed by atoms with Gasteiger partial charge in [0.05, 0.1) is 11.4 Å². The van der Waals surface area contributed by atoms with E-state index >= 15 is 0 Å². The van der Waals surface area contributed by atoms with Crippen LogP contribution in [0.4, 0.5) is 0 Å². The Kier molecular flexibility index (Phi) is 5.58. The fourth-order valence-corrected chi connectivity index (χ4v) is 3.16. The summed E-state index contributed by atoms with van der Waals surface area (Å²) >= 11 is 0. The zero-order chi connectivity index (χ0) is 17.5. The van der Waals surface area contributed by atoms with Crippen molar-refractivity contribution in [3.05, 3.63) is 33.4 Å². The Labute approximate surface area is 152 Å². The van der Waals surface area contributed by atoms with Crippen molar-refractivity contribution in [1.29, 1.82) is 0 Å². The summed E-state index contributed by atoms with van der Waals surface area (Å²) in [6.07, 6.45) is 1.89. The second-order valence-electron chi connectivity index (χ2n) is 7.31. The average molecular weight is 369 g/mol. The van der Waals surface area contributed by atoms with Crippen molar-refractivity contribution in [2.75, 3.05) is 13.1 Å². The predicted molar refractivity (Wildman–Crippen MR) is 97.8 cm³/mol. The monoisotopic (exact) mass is 368 g/mol. The number of hydrogen-bond donors (Lipinski definition) is 2. The number of nitrogens with one attached hydrogen (secondary N) is 2. The van der Waals surface area contributed by atoms with Gasteiger partial charge in [-0.15, -0.1) is 12.4 Å². The molecule has 7 nitrogen and oxygen atoms in total. The lowest BCUT2D eigenvalue weighted by molar-refractivity contribution is 0.00708. The Bertz CT molecular complexity index is 829. The zero-order valence-electron chi connectivity index (χ0n) is 15.0. The third-order valence-electron chi connectivity index (χ3n) is 4.19. The number of aromatic amines is 1. The van der Waals surface area contributed by atoms with Crippen LogP contribution in [0.2, 0.25) is 0 Å². The summed E-state index contributed by atoms with van der Waals surface area (Å²) in [6.45, 7) is 9.03. The van der Waals surface area contributed by atoms with E-state index in [-0.39, 0.29) is 23.9 Å². The average Bonchev–Trinajstić information content (AvgIpc) is 2.81. The van der Waals surface area contributed by atoms with Crippen LogP contribution < -0.4 is 10.9 Å². The highest BCUT2D eigenvalue weighted by molar-refractivity contribution is 5.97. The van der Waals surface area contributed by atoms with Crippen molar-refractivity contribution in [1.82, 2.24) is 19.9 Å². The third-order valence-corrected chi connectivity index (χ3v) is 4.19. The molecule has 1 aliphatic heterocycles. The van der Waals surface area contributed by atoms with E-state index in [1.54, 1.807) is 17.5 Å². The summed E-state index contributed by atoms with van der Waals surface area (Å²) in [4.78, 5) is 27.5. The van der Waals surface area contributed by atoms with Crippen LogP contribution in [0.3, 0.4) is 0 Å². The topological polar surface area (TPSA) is 88.5 Å². The van der Waals surface area contributed by atoms with E-state index in [0.717, 1.165) is 31.6 Å². The summed E-state index contributed by atoms with van der Waals surface area (Å²) < 4.78 is 7.17. The molecule has 0 amide bonds. The molecule has 8 heteroatoms. The van der Waals surface area contributed by atoms with E-state index in [2.05, 4.69) is 15.4 Å². The first-order valence-corrected chi connectivity index (χ1v) is 8.33. The molecule has 0 aliphatic carbocycles. The van der Waals surface area contributed by atoms with Gasteiger partial charge < -0.3 is 15.0 Å². The van der Waals surface area contributed by atoms with Crippen LogP contribution in [0, 0.1) is 6.92 Å². The lowest BCUT2D eigenvalue weighted by Gasteiger charge is -2.23. The number of rotatable bonds is 2. The number of aromatic nitrogens is 3. The van der Waals surface area contributed by atoms with Gasteiger partial charge in [0.2, 0.25) is 0 Å². The molecule has 25 heavy (non-hydrogen) atoms. The van der Waals surface area contributed by atoms with E-state index in [4.69, 9.17) is 4.74 Å². The Morgan fingerprint density at radius 2 is 1.96 bits per heavy atom. The number of carbonyl (C=O) groups excluding carboxylic acids is 1. The van der Waals surface area contributed by atoms with Crippen LogP contribution in [0.25, 0.3) is 5.65 Å². The molecule has 0 bridgehead atoms. The van der Waals surface area contributed by atoms with Crippen LogP contribution in [0.5, 0.6) is 0 Å². The number of hydrogen-bond acceptors (Lipinski definition) is 5. The maximum atomic E-state index is 12.5. The first kappa shape index (κ1) is 19.5. The molecular weight excluding hydrogens is 344 g/mol. The van der Waals surface area contributed by atoms with Gasteiger partial charge in [-0.05, 0) is 53.6 Å². The van der Waals surface area contributed by atoms with Crippen LogP contribution in [-0.4, -0.2) is 39.3 Å². The molecule has 2 aromatic rings. The van der Waals surface area contributed by atoms with Crippen LogP contribution in [0.15, 0.2) is 10.9 Å². The first-order valence-electron chi connectivity index (χ1n) is 8.33. The van der Waals surface area contributed by atoms with E-state index < -0.39 is 11.6 Å². The number of aryl methyl sites for hydroxylation is 1. The Balaban J connectivity index is 0.00000225. The van der Waals surface area contributed by atoms with Crippen molar-refractivity contribution >= 4 is 24.0 Å². The van der Waals surface area contributed by atoms with Crippen molar-refractivity contribution < 1.29 is 9.53 Å². The molecule has 0 spiro atoms. The molecule has 0 unspecified atom stereocenters. The maximum absolute atomic E-state index is 12.5. The van der Waals surface area contributed by atoms with Crippen molar-refractivity contribution in [3.63, 3.8) is 0 Å². The van der Waals surface area contributed by atoms with E-state index in [0.29, 0.717) is 16.9 Å². The lowest BCUT2D eigenvalue weighted by atomic mass is 9.94. The molecule has 1 aliphatic rings. The normalized spacial score (nSPS) is 15.8. The van der Waals surface area contributed by atoms with Crippen molar-refractivity contribution in [3.8, 4) is 0 Å². The molecule has 0 aromatic carbocycles. The number of carbonyl (C=O) groups is 1. The highest BCUT2D eigenvalue weighted by Crippen LogP contribution is 2.26. The lowest BCUT2D eigenvalue weighted by Crippen LogP contribution is -2.28. The number of halogens is 1. The Morgan fingerprint density at radius 1 is 1.32 bits per heavy atom. The molecule has 0 saturated carbocycles. The van der Waals surface area contributed by atoms with Gasteiger partial charge in [0, 0.05) is 12.0 Å². The van der Waals surface area contributed by atoms with Gasteiger partial charge in [-0.2, -0.15) is 5.10 Å². The number of H-pyrrole nitrogens is 1. The first-order chi connectivity index (χ1) is 11.3. The smallest absolute Gasteiger partial charge is 0.344 e. The quantitative estimate of drug-likeness (QED) is 0.793. The molecule has 3 rings (SSSR count). The second kappa shape index (κ2) is 7.17. The summed E-state index contributed by atoms with van der Waals surface area (Å²) in [7, 11) is 0. The minimum Gasteiger partial charge on any atom is -0.456 e. The predicted octanol–water partition coefficient (Wildman–Crippen LogP) is 2.18. The van der Waals surface area contributed by atoms with Crippen LogP contribution in [0.1, 0.15) is 61.3 Å². The molecule has 3 heterocycles. The fourth-order valence-electron chi connectivity index (χ4n) is 3.16. The molecule has 0 radical (unpaired) electrons. The summed E-state index contributed by atoms with van der Waals surface area (Å²) in [5.41, 5.74) is 1.33. The Morgan fingerprint density at radius 3 is 2.56 bits per heavy atom. The van der Waals surface area contributed by atoms with Gasteiger partial charge in [0.1, 0.15) is 11.2 Å². The highest BCUT2D eigenvalue weighted by atomic mass is 35.5. The third kappa shape index (κ3) is 4.04. The number of fused-ring (bicyclic) bond motifs is 1. The highest BCUT2D eigenvalue weighted by Gasteiger charge is 2.27. The maximum Gasteiger partial charge on any atom is 0.344 e. The molecule has 2 aromatic heterocycles. The van der Waals surface area contributed by atoms with E-state index in [9.17, 15) is 9.59 Å². The molecule has 0 atom stereocenters. The van der Waals surface area contributed by atoms with Crippen LogP contribution in [-0.2, 0) is 4.74 Å². The van der Waals surface area contributed by atoms with Crippen molar-refractivity contribution in [2.45, 2.75) is 52.1 Å². The van der Waals surface area contributed by atoms with Gasteiger partial charge in [-0.3, -0.25) is 4.79 Å². The zero-order valence-corrected chi connectivity index (χ0v) is 15.8. The van der Waals surface area contributed by atoms with Gasteiger partial charge in [-0.1, -0.05) is 0 Å². The fraction of sp³-hybridized carbons (Fsp3) is 0.588. The molecule has 2 N–H and O–H groups in total. The largest absolute Gasteiger partial charge is 0.456 e. The SMILES string of the molecule is Cc1nn2c(C3CCNCC3)cc(=O)[nH]c2c1C(=O)OC(C)(C)C.Cl. The summed E-state index contributed by atoms with van der Waals surface area (Å²) in [6, 6.07) is 1.59. The molecular formula is C17H25ClN4O3. The van der Waals surface area contributed by atoms with Gasteiger partial charge in [-0.25, -0.2) is 9.31 Å². The minimum absolute atomic E-state index is 0. The number of ether oxygens (including phenoxy) is 1. The second-order valence-corrected chi connectivity index (χ2v) is 7.31. The van der Waals surface area contributed by atoms with E-state index in [1.807, 2.05) is 20.8 Å². The Hall–Kier alpha value is -1.86. The summed E-state index contributed by atoms with van der Waals surface area (Å²) in [5, 5.41) is 7.82. The van der Waals surface area contributed by atoms with Crippen molar-refractivity contribution in [2.24, 2.45) is 0 Å². The van der Waals surface area contributed by atoms with Gasteiger partial charge in [0.25, 0.3) is 5.56 Å². The summed E-state index contributed by atoms with van der Waals surface area (Å²) in [5.74, 6) is -0.213. The molecule has 138 valence electrons. The standard InChI is InChI=1S/C17H24N4O3.ClH/c1-10-14(16(23)24-17(2,3)4)15-19-13(22)9-12(21(15)20-10)11-5-7-18-8-6-11;/h9,11,18H,5-8H2,1-4H3,(H,19,22);1H. The molecule has 1 saturated heterocycles. The molecule has 1 fully saturated rings. The van der Waals surface area contributed by atoms with Crippen LogP contribution >= 0.6 is 12.4 Å². The minimum atomic E-state index is -0.606. The van der Waals surface area contributed by atoms with Gasteiger partial charge in [0.15, 0.2) is 5.65 Å². The number of nitrogens with zero attached hydrogens (tertiary/aromatic N) is 2. The van der Waals surface area contributed by atoms with E-state index in [1.165, 1.54) is 0 Å². The number of esters is 1. The number of piperidine rings is 1.